The van der Waals surface area contributed by atoms with Crippen LogP contribution >= 0.6 is 0 Å². The number of carbonyl (C=O) groups excluding carboxylic acids is 1. The predicted octanol–water partition coefficient (Wildman–Crippen LogP) is 3.52. The number of hydrogen-bond donors (Lipinski definition) is 0. The van der Waals surface area contributed by atoms with Gasteiger partial charge in [-0.05, 0) is 31.0 Å². The number of piperidine rings is 1. The van der Waals surface area contributed by atoms with Crippen LogP contribution in [0.4, 0.5) is 5.69 Å². The summed E-state index contributed by atoms with van der Waals surface area (Å²) in [6.45, 7) is 1.05. The summed E-state index contributed by atoms with van der Waals surface area (Å²) in [6.07, 6.45) is 1.55. The van der Waals surface area contributed by atoms with Crippen LogP contribution in [-0.2, 0) is 4.79 Å². The lowest BCUT2D eigenvalue weighted by Gasteiger charge is -2.30. The van der Waals surface area contributed by atoms with E-state index in [0.717, 1.165) is 29.8 Å². The van der Waals surface area contributed by atoms with Gasteiger partial charge in [0.15, 0.2) is 18.1 Å². The molecule has 144 valence electrons. The minimum atomic E-state index is -0.494. The smallest absolute Gasteiger partial charge is 0.273 e. The van der Waals surface area contributed by atoms with E-state index in [1.54, 1.807) is 11.0 Å². The number of nitrogens with zero attached hydrogens (tertiary/aromatic N) is 3. The zero-order chi connectivity index (χ0) is 19.5. The Labute approximate surface area is 160 Å². The van der Waals surface area contributed by atoms with Crippen molar-refractivity contribution >= 4 is 22.7 Å². The quantitative estimate of drug-likeness (QED) is 0.495. The molecular formula is C20H19N3O5. The number of amides is 1. The number of hydrogen-bond acceptors (Lipinski definition) is 6. The maximum Gasteiger partial charge on any atom is 0.273 e. The molecule has 4 rings (SSSR count). The number of aromatic nitrogens is 1. The molecule has 8 nitrogen and oxygen atoms in total. The van der Waals surface area contributed by atoms with Gasteiger partial charge >= 0.3 is 0 Å². The first-order valence-corrected chi connectivity index (χ1v) is 9.10. The minimum Gasteiger partial charge on any atom is -0.484 e. The molecule has 0 bridgehead atoms. The molecule has 0 radical (unpaired) electrons. The number of likely N-dealkylation sites (tertiary alicyclic amines) is 1. The van der Waals surface area contributed by atoms with E-state index in [2.05, 4.69) is 4.98 Å². The summed E-state index contributed by atoms with van der Waals surface area (Å²) in [4.78, 5) is 29.0. The molecule has 2 aromatic carbocycles. The van der Waals surface area contributed by atoms with Gasteiger partial charge in [0.05, 0.1) is 11.0 Å². The summed E-state index contributed by atoms with van der Waals surface area (Å²) in [5.74, 6) is 1.08. The summed E-state index contributed by atoms with van der Waals surface area (Å²) in [5, 5.41) is 10.8. The second-order valence-corrected chi connectivity index (χ2v) is 6.72. The number of benzene rings is 2. The maximum atomic E-state index is 12.4. The fraction of sp³-hybridized carbons (Fsp3) is 0.300. The van der Waals surface area contributed by atoms with Gasteiger partial charge in [-0.15, -0.1) is 0 Å². The molecule has 1 amide bonds. The van der Waals surface area contributed by atoms with Crippen LogP contribution in [-0.4, -0.2) is 40.4 Å². The molecule has 1 aliphatic rings. The van der Waals surface area contributed by atoms with Gasteiger partial charge in [0.1, 0.15) is 11.3 Å². The molecule has 0 N–H and O–H groups in total. The predicted molar refractivity (Wildman–Crippen MR) is 101 cm³/mol. The van der Waals surface area contributed by atoms with Crippen molar-refractivity contribution in [3.63, 3.8) is 0 Å². The Kier molecular flexibility index (Phi) is 4.92. The van der Waals surface area contributed by atoms with Crippen molar-refractivity contribution in [2.24, 2.45) is 0 Å². The number of oxazole rings is 1. The van der Waals surface area contributed by atoms with Crippen molar-refractivity contribution in [1.82, 2.24) is 9.88 Å². The van der Waals surface area contributed by atoms with E-state index in [-0.39, 0.29) is 24.1 Å². The minimum absolute atomic E-state index is 0.0656. The van der Waals surface area contributed by atoms with Crippen molar-refractivity contribution in [2.45, 2.75) is 18.8 Å². The average molecular weight is 381 g/mol. The first kappa shape index (κ1) is 18.0. The zero-order valence-corrected chi connectivity index (χ0v) is 15.1. The molecule has 1 aromatic heterocycles. The van der Waals surface area contributed by atoms with Gasteiger partial charge < -0.3 is 14.1 Å². The largest absolute Gasteiger partial charge is 0.484 e. The van der Waals surface area contributed by atoms with Gasteiger partial charge in [-0.25, -0.2) is 4.98 Å². The number of rotatable bonds is 5. The van der Waals surface area contributed by atoms with Crippen LogP contribution in [0, 0.1) is 10.1 Å². The van der Waals surface area contributed by atoms with Crippen LogP contribution in [0.3, 0.4) is 0 Å². The number of non-ortho nitro benzene ring substituents is 1. The summed E-state index contributed by atoms with van der Waals surface area (Å²) < 4.78 is 11.3. The van der Waals surface area contributed by atoms with Crippen molar-refractivity contribution in [3.05, 3.63) is 64.5 Å². The molecule has 1 fully saturated rings. The molecule has 1 aliphatic heterocycles. The van der Waals surface area contributed by atoms with Crippen LogP contribution in [0.2, 0.25) is 0 Å². The Morgan fingerprint density at radius 1 is 1.21 bits per heavy atom. The van der Waals surface area contributed by atoms with E-state index < -0.39 is 4.92 Å². The lowest BCUT2D eigenvalue weighted by atomic mass is 9.97. The highest BCUT2D eigenvalue weighted by Gasteiger charge is 2.27. The molecule has 28 heavy (non-hydrogen) atoms. The van der Waals surface area contributed by atoms with Gasteiger partial charge in [0, 0.05) is 25.1 Å². The molecule has 0 unspecified atom stereocenters. The van der Waals surface area contributed by atoms with Crippen molar-refractivity contribution in [2.75, 3.05) is 19.7 Å². The number of para-hydroxylation sites is 2. The number of nitro groups is 1. The molecule has 1 saturated heterocycles. The fourth-order valence-electron chi connectivity index (χ4n) is 3.36. The second-order valence-electron chi connectivity index (χ2n) is 6.72. The highest BCUT2D eigenvalue weighted by Crippen LogP contribution is 2.30. The normalized spacial score (nSPS) is 14.9. The first-order valence-electron chi connectivity index (χ1n) is 9.10. The zero-order valence-electron chi connectivity index (χ0n) is 15.1. The molecule has 0 spiro atoms. The Morgan fingerprint density at radius 3 is 2.75 bits per heavy atom. The van der Waals surface area contributed by atoms with E-state index in [0.29, 0.717) is 18.8 Å². The molecule has 8 heteroatoms. The van der Waals surface area contributed by atoms with Gasteiger partial charge in [-0.1, -0.05) is 18.2 Å². The highest BCUT2D eigenvalue weighted by atomic mass is 16.6. The summed E-state index contributed by atoms with van der Waals surface area (Å²) in [5.41, 5.74) is 1.56. The Morgan fingerprint density at radius 2 is 2.00 bits per heavy atom. The van der Waals surface area contributed by atoms with Crippen LogP contribution < -0.4 is 4.74 Å². The number of carbonyl (C=O) groups is 1. The van der Waals surface area contributed by atoms with E-state index in [4.69, 9.17) is 9.15 Å². The van der Waals surface area contributed by atoms with Crippen LogP contribution in [0.15, 0.2) is 52.9 Å². The first-order chi connectivity index (χ1) is 13.6. The second kappa shape index (κ2) is 7.67. The third-order valence-electron chi connectivity index (χ3n) is 4.90. The van der Waals surface area contributed by atoms with Crippen LogP contribution in [0.25, 0.3) is 11.1 Å². The molecule has 0 atom stereocenters. The monoisotopic (exact) mass is 381 g/mol. The molecule has 0 saturated carbocycles. The highest BCUT2D eigenvalue weighted by molar-refractivity contribution is 5.78. The van der Waals surface area contributed by atoms with Gasteiger partial charge in [-0.2, -0.15) is 0 Å². The molecular weight excluding hydrogens is 362 g/mol. The number of ether oxygens (including phenoxy) is 1. The van der Waals surface area contributed by atoms with Gasteiger partial charge in [0.25, 0.3) is 11.6 Å². The van der Waals surface area contributed by atoms with E-state index in [1.165, 1.54) is 18.2 Å². The third-order valence-corrected chi connectivity index (χ3v) is 4.90. The van der Waals surface area contributed by atoms with Crippen LogP contribution in [0.1, 0.15) is 24.7 Å². The van der Waals surface area contributed by atoms with Crippen molar-refractivity contribution in [3.8, 4) is 5.75 Å². The summed E-state index contributed by atoms with van der Waals surface area (Å²) in [6, 6.07) is 13.5. The Balaban J connectivity index is 1.31. The number of fused-ring (bicyclic) bond motifs is 1. The van der Waals surface area contributed by atoms with E-state index in [1.807, 2.05) is 24.3 Å². The van der Waals surface area contributed by atoms with Crippen molar-refractivity contribution in [1.29, 1.82) is 0 Å². The van der Waals surface area contributed by atoms with Gasteiger partial charge in [-0.3, -0.25) is 14.9 Å². The lowest BCUT2D eigenvalue weighted by molar-refractivity contribution is -0.384. The lowest BCUT2D eigenvalue weighted by Crippen LogP contribution is -2.40. The summed E-state index contributed by atoms with van der Waals surface area (Å²) in [7, 11) is 0. The summed E-state index contributed by atoms with van der Waals surface area (Å²) >= 11 is 0. The van der Waals surface area contributed by atoms with E-state index >= 15 is 0 Å². The maximum absolute atomic E-state index is 12.4. The standard InChI is InChI=1S/C20H19N3O5/c24-19(13-27-16-5-3-4-15(12-16)23(25)26)22-10-8-14(9-11-22)20-21-17-6-1-2-7-18(17)28-20/h1-7,12,14H,8-11,13H2. The topological polar surface area (TPSA) is 98.7 Å². The fourth-order valence-corrected chi connectivity index (χ4v) is 3.36. The molecule has 0 aliphatic carbocycles. The Bertz CT molecular complexity index is 975. The van der Waals surface area contributed by atoms with E-state index in [9.17, 15) is 14.9 Å². The molecule has 3 aromatic rings. The average Bonchev–Trinajstić information content (AvgIpc) is 3.16. The SMILES string of the molecule is O=C(COc1cccc([N+](=O)[O-])c1)N1CCC(c2nc3ccccc3o2)CC1. The van der Waals surface area contributed by atoms with Gasteiger partial charge in [0.2, 0.25) is 0 Å². The number of nitro benzene ring substituents is 1. The van der Waals surface area contributed by atoms with Crippen molar-refractivity contribution < 1.29 is 18.9 Å². The third kappa shape index (κ3) is 3.80. The Hall–Kier alpha value is -3.42. The molecule has 2 heterocycles. The van der Waals surface area contributed by atoms with Crippen LogP contribution in [0.5, 0.6) is 5.75 Å².